The third kappa shape index (κ3) is 4.80. The van der Waals surface area contributed by atoms with Crippen LogP contribution in [0, 0.1) is 12.7 Å². The van der Waals surface area contributed by atoms with Gasteiger partial charge in [-0.1, -0.05) is 31.2 Å². The van der Waals surface area contributed by atoms with E-state index in [9.17, 15) is 18.8 Å². The van der Waals surface area contributed by atoms with Gasteiger partial charge in [-0.2, -0.15) is 0 Å². The second-order valence-electron chi connectivity index (χ2n) is 7.13. The number of hydrogen-bond acceptors (Lipinski definition) is 3. The number of carbonyl (C=O) groups excluding carboxylic acids is 3. The molecule has 3 amide bonds. The van der Waals surface area contributed by atoms with Gasteiger partial charge in [0.25, 0.3) is 0 Å². The van der Waals surface area contributed by atoms with Gasteiger partial charge in [0.05, 0.1) is 0 Å². The molecule has 0 radical (unpaired) electrons. The summed E-state index contributed by atoms with van der Waals surface area (Å²) in [6.07, 6.45) is 0.397. The van der Waals surface area contributed by atoms with Crippen LogP contribution < -0.4 is 5.32 Å². The molecule has 0 unspecified atom stereocenters. The van der Waals surface area contributed by atoms with Crippen LogP contribution in [0.3, 0.4) is 0 Å². The number of rotatable bonds is 6. The Labute approximate surface area is 169 Å². The van der Waals surface area contributed by atoms with E-state index in [4.69, 9.17) is 0 Å². The van der Waals surface area contributed by atoms with Crippen molar-refractivity contribution in [1.29, 1.82) is 0 Å². The second-order valence-corrected chi connectivity index (χ2v) is 7.13. The Bertz CT molecular complexity index is 914. The summed E-state index contributed by atoms with van der Waals surface area (Å²) in [7, 11) is 0. The molecule has 2 aromatic carbocycles. The molecule has 7 heteroatoms. The minimum Gasteiger partial charge on any atom is -0.328 e. The fourth-order valence-electron chi connectivity index (χ4n) is 3.44. The number of nitrogens with one attached hydrogen (secondary N) is 1. The number of carbonyl (C=O) groups is 3. The molecule has 1 aliphatic rings. The van der Waals surface area contributed by atoms with Crippen LogP contribution in [0.5, 0.6) is 0 Å². The summed E-state index contributed by atoms with van der Waals surface area (Å²) in [5.41, 5.74) is 2.41. The number of nitrogens with zero attached hydrogens (tertiary/aromatic N) is 2. The number of benzene rings is 2. The quantitative estimate of drug-likeness (QED) is 0.762. The highest BCUT2D eigenvalue weighted by Gasteiger charge is 2.38. The molecule has 1 heterocycles. The fraction of sp³-hybridized carbons (Fsp3) is 0.318. The molecule has 6 nitrogen and oxygen atoms in total. The normalized spacial score (nSPS) is 15.4. The van der Waals surface area contributed by atoms with Gasteiger partial charge in [0.1, 0.15) is 11.9 Å². The van der Waals surface area contributed by atoms with Crippen molar-refractivity contribution < 1.29 is 18.8 Å². The van der Waals surface area contributed by atoms with Crippen molar-refractivity contribution >= 4 is 23.4 Å². The van der Waals surface area contributed by atoms with Gasteiger partial charge in [-0.05, 0) is 48.7 Å². The van der Waals surface area contributed by atoms with E-state index in [1.165, 1.54) is 21.9 Å². The standard InChI is InChI=1S/C22H24FN3O3/c1-3-19(20(27)24-18-6-4-5-15(2)13-18)26-12-11-25(21(28)22(26)29)14-16-7-9-17(23)10-8-16/h4-10,13,19H,3,11-12,14H2,1-2H3,(H,24,27)/t19-/m0/s1. The molecular formula is C22H24FN3O3. The van der Waals surface area contributed by atoms with Crippen LogP contribution in [-0.4, -0.2) is 46.7 Å². The van der Waals surface area contributed by atoms with Gasteiger partial charge in [0.2, 0.25) is 5.91 Å². The van der Waals surface area contributed by atoms with E-state index in [0.29, 0.717) is 18.7 Å². The average Bonchev–Trinajstić information content (AvgIpc) is 2.69. The molecular weight excluding hydrogens is 373 g/mol. The molecule has 0 spiro atoms. The number of amides is 3. The summed E-state index contributed by atoms with van der Waals surface area (Å²) in [5, 5.41) is 2.83. The molecule has 0 bridgehead atoms. The van der Waals surface area contributed by atoms with E-state index in [1.807, 2.05) is 32.0 Å². The predicted molar refractivity (Wildman–Crippen MR) is 107 cm³/mol. The first-order chi connectivity index (χ1) is 13.9. The van der Waals surface area contributed by atoms with Crippen molar-refractivity contribution in [3.8, 4) is 0 Å². The molecule has 1 fully saturated rings. The summed E-state index contributed by atoms with van der Waals surface area (Å²) in [6.45, 7) is 4.55. The Morgan fingerprint density at radius 2 is 1.83 bits per heavy atom. The highest BCUT2D eigenvalue weighted by Crippen LogP contribution is 2.17. The summed E-state index contributed by atoms with van der Waals surface area (Å²) in [6, 6.07) is 12.5. The zero-order valence-electron chi connectivity index (χ0n) is 16.5. The van der Waals surface area contributed by atoms with E-state index >= 15 is 0 Å². The lowest BCUT2D eigenvalue weighted by Gasteiger charge is -2.37. The fourth-order valence-corrected chi connectivity index (χ4v) is 3.44. The zero-order valence-corrected chi connectivity index (χ0v) is 16.5. The van der Waals surface area contributed by atoms with Crippen molar-refractivity contribution in [2.24, 2.45) is 0 Å². The molecule has 1 saturated heterocycles. The minimum atomic E-state index is -0.722. The number of hydrogen-bond donors (Lipinski definition) is 1. The van der Waals surface area contributed by atoms with Crippen LogP contribution in [0.15, 0.2) is 48.5 Å². The monoisotopic (exact) mass is 397 g/mol. The number of halogens is 1. The van der Waals surface area contributed by atoms with Crippen LogP contribution in [0.2, 0.25) is 0 Å². The van der Waals surface area contributed by atoms with E-state index in [1.54, 1.807) is 18.2 Å². The van der Waals surface area contributed by atoms with E-state index in [2.05, 4.69) is 5.32 Å². The maximum absolute atomic E-state index is 13.1. The Kier molecular flexibility index (Phi) is 6.26. The molecule has 3 rings (SSSR count). The lowest BCUT2D eigenvalue weighted by atomic mass is 10.1. The van der Waals surface area contributed by atoms with Crippen LogP contribution in [0.1, 0.15) is 24.5 Å². The first kappa shape index (κ1) is 20.5. The Balaban J connectivity index is 1.67. The molecule has 152 valence electrons. The summed E-state index contributed by atoms with van der Waals surface area (Å²) in [5.74, 6) is -2.01. The van der Waals surface area contributed by atoms with Crippen molar-refractivity contribution in [3.05, 3.63) is 65.5 Å². The van der Waals surface area contributed by atoms with Crippen LogP contribution in [0.4, 0.5) is 10.1 Å². The summed E-state index contributed by atoms with van der Waals surface area (Å²) < 4.78 is 13.1. The Hall–Kier alpha value is -3.22. The van der Waals surface area contributed by atoms with Crippen LogP contribution >= 0.6 is 0 Å². The van der Waals surface area contributed by atoms with E-state index < -0.39 is 17.9 Å². The van der Waals surface area contributed by atoms with Gasteiger partial charge in [-0.15, -0.1) is 0 Å². The van der Waals surface area contributed by atoms with Gasteiger partial charge < -0.3 is 15.1 Å². The smallest absolute Gasteiger partial charge is 0.312 e. The molecule has 29 heavy (non-hydrogen) atoms. The van der Waals surface area contributed by atoms with Crippen molar-refractivity contribution in [1.82, 2.24) is 9.80 Å². The molecule has 0 saturated carbocycles. The average molecular weight is 397 g/mol. The number of aryl methyl sites for hydroxylation is 1. The third-order valence-electron chi connectivity index (χ3n) is 4.98. The summed E-state index contributed by atoms with van der Waals surface area (Å²) >= 11 is 0. The first-order valence-corrected chi connectivity index (χ1v) is 9.61. The predicted octanol–water partition coefficient (Wildman–Crippen LogP) is 2.72. The van der Waals surface area contributed by atoms with Crippen LogP contribution in [0.25, 0.3) is 0 Å². The van der Waals surface area contributed by atoms with Gasteiger partial charge in [0.15, 0.2) is 0 Å². The van der Waals surface area contributed by atoms with Crippen molar-refractivity contribution in [2.75, 3.05) is 18.4 Å². The Morgan fingerprint density at radius 1 is 1.10 bits per heavy atom. The highest BCUT2D eigenvalue weighted by atomic mass is 19.1. The number of piperazine rings is 1. The maximum atomic E-state index is 13.1. The largest absolute Gasteiger partial charge is 0.328 e. The SMILES string of the molecule is CC[C@@H](C(=O)Nc1cccc(C)c1)N1CCN(Cc2ccc(F)cc2)C(=O)C1=O. The third-order valence-corrected chi connectivity index (χ3v) is 4.98. The van der Waals surface area contributed by atoms with E-state index in [0.717, 1.165) is 11.1 Å². The van der Waals surface area contributed by atoms with Gasteiger partial charge >= 0.3 is 11.8 Å². The van der Waals surface area contributed by atoms with Crippen molar-refractivity contribution in [2.45, 2.75) is 32.9 Å². The summed E-state index contributed by atoms with van der Waals surface area (Å²) in [4.78, 5) is 40.8. The molecule has 2 aromatic rings. The lowest BCUT2D eigenvalue weighted by molar-refractivity contribution is -0.159. The second kappa shape index (κ2) is 8.86. The molecule has 1 atom stereocenters. The molecule has 1 N–H and O–H groups in total. The minimum absolute atomic E-state index is 0.227. The number of anilines is 1. The Morgan fingerprint density at radius 3 is 2.48 bits per heavy atom. The molecule has 1 aliphatic heterocycles. The van der Waals surface area contributed by atoms with Gasteiger partial charge in [-0.3, -0.25) is 14.4 Å². The molecule has 0 aliphatic carbocycles. The highest BCUT2D eigenvalue weighted by molar-refractivity contribution is 6.35. The topological polar surface area (TPSA) is 69.7 Å². The van der Waals surface area contributed by atoms with E-state index in [-0.39, 0.29) is 24.8 Å². The lowest BCUT2D eigenvalue weighted by Crippen LogP contribution is -2.59. The van der Waals surface area contributed by atoms with Crippen LogP contribution in [-0.2, 0) is 20.9 Å². The van der Waals surface area contributed by atoms with Gasteiger partial charge in [-0.25, -0.2) is 4.39 Å². The van der Waals surface area contributed by atoms with Crippen molar-refractivity contribution in [3.63, 3.8) is 0 Å². The molecule has 0 aromatic heterocycles. The van der Waals surface area contributed by atoms with Gasteiger partial charge in [0, 0.05) is 25.3 Å². The first-order valence-electron chi connectivity index (χ1n) is 9.61. The maximum Gasteiger partial charge on any atom is 0.312 e. The zero-order chi connectivity index (χ0) is 21.0.